The molecule has 8 heteroatoms. The average molecular weight is 323 g/mol. The highest BCUT2D eigenvalue weighted by atomic mass is 35.5. The molecule has 6 nitrogen and oxygen atoms in total. The molecule has 2 aromatic heterocycles. The number of fused-ring (bicyclic) bond motifs is 1. The van der Waals surface area contributed by atoms with Gasteiger partial charge in [-0.3, -0.25) is 9.48 Å². The number of halogens is 1. The summed E-state index contributed by atoms with van der Waals surface area (Å²) in [6, 6.07) is 7.04. The molecule has 0 bridgehead atoms. The topological polar surface area (TPSA) is 75.8 Å². The van der Waals surface area contributed by atoms with E-state index in [1.165, 1.54) is 17.1 Å². The summed E-state index contributed by atoms with van der Waals surface area (Å²) in [6.45, 7) is 0. The monoisotopic (exact) mass is 322 g/mol. The average Bonchev–Trinajstić information content (AvgIpc) is 2.71. The molecule has 0 radical (unpaired) electrons. The maximum Gasteiger partial charge on any atom is 0.344 e. The van der Waals surface area contributed by atoms with Gasteiger partial charge in [-0.05, 0) is 12.1 Å². The van der Waals surface area contributed by atoms with Crippen molar-refractivity contribution in [3.05, 3.63) is 45.8 Å². The van der Waals surface area contributed by atoms with Gasteiger partial charge in [-0.15, -0.1) is 0 Å². The fourth-order valence-electron chi connectivity index (χ4n) is 2.13. The van der Waals surface area contributed by atoms with Crippen LogP contribution in [0.3, 0.4) is 0 Å². The molecule has 3 aromatic rings. The number of benzene rings is 1. The Kier molecular flexibility index (Phi) is 3.48. The lowest BCUT2D eigenvalue weighted by atomic mass is 10.3. The highest BCUT2D eigenvalue weighted by Crippen LogP contribution is 2.20. The molecule has 1 aromatic carbocycles. The molecule has 0 N–H and O–H groups in total. The van der Waals surface area contributed by atoms with Crippen molar-refractivity contribution in [2.75, 3.05) is 6.26 Å². The van der Waals surface area contributed by atoms with E-state index in [1.54, 1.807) is 36.0 Å². The van der Waals surface area contributed by atoms with E-state index < -0.39 is 11.2 Å². The van der Waals surface area contributed by atoms with Gasteiger partial charge in [-0.2, -0.15) is 9.97 Å². The zero-order valence-electron chi connectivity index (χ0n) is 11.3. The SMILES string of the molecule is Cn1c2nc([S+](C)[O-])ncc2c(=O)n1-c1ccccc1Cl. The Labute approximate surface area is 128 Å². The second kappa shape index (κ2) is 5.18. The third kappa shape index (κ3) is 2.23. The van der Waals surface area contributed by atoms with E-state index in [0.29, 0.717) is 21.7 Å². The van der Waals surface area contributed by atoms with Gasteiger partial charge in [-0.25, -0.2) is 4.68 Å². The minimum Gasteiger partial charge on any atom is -0.609 e. The van der Waals surface area contributed by atoms with E-state index in [2.05, 4.69) is 9.97 Å². The van der Waals surface area contributed by atoms with Crippen LogP contribution in [0.5, 0.6) is 0 Å². The lowest BCUT2D eigenvalue weighted by Gasteiger charge is -2.08. The van der Waals surface area contributed by atoms with Crippen molar-refractivity contribution in [1.29, 1.82) is 0 Å². The van der Waals surface area contributed by atoms with Gasteiger partial charge in [0.1, 0.15) is 11.6 Å². The molecule has 3 rings (SSSR count). The van der Waals surface area contributed by atoms with Crippen LogP contribution in [0.2, 0.25) is 5.02 Å². The molecule has 0 aliphatic heterocycles. The molecule has 0 spiro atoms. The van der Waals surface area contributed by atoms with Gasteiger partial charge in [-0.1, -0.05) is 23.7 Å². The Hall–Kier alpha value is -1.83. The minimum absolute atomic E-state index is 0.189. The van der Waals surface area contributed by atoms with Crippen molar-refractivity contribution in [3.63, 3.8) is 0 Å². The van der Waals surface area contributed by atoms with Crippen LogP contribution in [0, 0.1) is 0 Å². The lowest BCUT2D eigenvalue weighted by molar-refractivity contribution is 0.591. The zero-order valence-corrected chi connectivity index (χ0v) is 12.9. The summed E-state index contributed by atoms with van der Waals surface area (Å²) < 4.78 is 14.5. The number of aromatic nitrogens is 4. The van der Waals surface area contributed by atoms with Crippen molar-refractivity contribution < 1.29 is 4.55 Å². The number of rotatable bonds is 2. The van der Waals surface area contributed by atoms with Crippen LogP contribution in [-0.2, 0) is 18.2 Å². The molecule has 2 heterocycles. The lowest BCUT2D eigenvalue weighted by Crippen LogP contribution is -2.19. The van der Waals surface area contributed by atoms with E-state index in [-0.39, 0.29) is 10.7 Å². The van der Waals surface area contributed by atoms with Gasteiger partial charge in [0.2, 0.25) is 0 Å². The fraction of sp³-hybridized carbons (Fsp3) is 0.154. The van der Waals surface area contributed by atoms with E-state index in [4.69, 9.17) is 11.6 Å². The number of hydrogen-bond donors (Lipinski definition) is 0. The molecule has 1 atom stereocenters. The summed E-state index contributed by atoms with van der Waals surface area (Å²) in [4.78, 5) is 20.7. The van der Waals surface area contributed by atoms with Crippen molar-refractivity contribution >= 4 is 33.8 Å². The Morgan fingerprint density at radius 2 is 2.05 bits per heavy atom. The van der Waals surface area contributed by atoms with Gasteiger partial charge >= 0.3 is 5.16 Å². The van der Waals surface area contributed by atoms with Crippen molar-refractivity contribution in [1.82, 2.24) is 19.3 Å². The van der Waals surface area contributed by atoms with Crippen LogP contribution in [-0.4, -0.2) is 30.1 Å². The third-order valence-corrected chi connectivity index (χ3v) is 4.14. The summed E-state index contributed by atoms with van der Waals surface area (Å²) in [5, 5.41) is 0.999. The molecule has 0 aliphatic rings. The van der Waals surface area contributed by atoms with Crippen LogP contribution in [0.4, 0.5) is 0 Å². The summed E-state index contributed by atoms with van der Waals surface area (Å²) in [6.07, 6.45) is 2.89. The fourth-order valence-corrected chi connectivity index (χ4v) is 2.76. The first-order chi connectivity index (χ1) is 10.0. The third-order valence-electron chi connectivity index (χ3n) is 3.11. The first-order valence-corrected chi connectivity index (χ1v) is 7.97. The number of nitrogens with zero attached hydrogens (tertiary/aromatic N) is 4. The standard InChI is InChI=1S/C13H11ClN4O2S/c1-17-11-8(7-15-13(16-11)21(2)20)12(19)18(17)10-6-4-3-5-9(10)14/h3-7H,1-2H3. The molecule has 21 heavy (non-hydrogen) atoms. The van der Waals surface area contributed by atoms with Gasteiger partial charge in [0, 0.05) is 18.2 Å². The van der Waals surface area contributed by atoms with Gasteiger partial charge < -0.3 is 4.55 Å². The van der Waals surface area contributed by atoms with Crippen LogP contribution in [0.25, 0.3) is 16.7 Å². The molecule has 108 valence electrons. The summed E-state index contributed by atoms with van der Waals surface area (Å²) >= 11 is 4.84. The first-order valence-electron chi connectivity index (χ1n) is 6.04. The van der Waals surface area contributed by atoms with Crippen LogP contribution >= 0.6 is 11.6 Å². The van der Waals surface area contributed by atoms with Crippen LogP contribution < -0.4 is 5.56 Å². The minimum atomic E-state index is -1.31. The Bertz CT molecular complexity index is 887. The molecule has 0 aliphatic carbocycles. The maximum absolute atomic E-state index is 12.5. The quantitative estimate of drug-likeness (QED) is 0.529. The maximum atomic E-state index is 12.5. The zero-order chi connectivity index (χ0) is 15.1. The van der Waals surface area contributed by atoms with Gasteiger partial charge in [0.15, 0.2) is 5.65 Å². The predicted octanol–water partition coefficient (Wildman–Crippen LogP) is 1.51. The Morgan fingerprint density at radius 1 is 1.33 bits per heavy atom. The van der Waals surface area contributed by atoms with Crippen molar-refractivity contribution in [2.24, 2.45) is 7.05 Å². The smallest absolute Gasteiger partial charge is 0.344 e. The molecule has 0 saturated heterocycles. The molecular formula is C13H11ClN4O2S. The van der Waals surface area contributed by atoms with E-state index >= 15 is 0 Å². The largest absolute Gasteiger partial charge is 0.609 e. The Morgan fingerprint density at radius 3 is 2.71 bits per heavy atom. The van der Waals surface area contributed by atoms with Gasteiger partial charge in [0.05, 0.1) is 16.9 Å². The first kappa shape index (κ1) is 14.1. The molecule has 0 saturated carbocycles. The molecule has 0 amide bonds. The summed E-state index contributed by atoms with van der Waals surface area (Å²) in [5.74, 6) is 0. The van der Waals surface area contributed by atoms with Crippen LogP contribution in [0.15, 0.2) is 40.4 Å². The van der Waals surface area contributed by atoms with Crippen molar-refractivity contribution in [2.45, 2.75) is 5.16 Å². The highest BCUT2D eigenvalue weighted by Gasteiger charge is 2.18. The highest BCUT2D eigenvalue weighted by molar-refractivity contribution is 7.90. The molecule has 1 unspecified atom stereocenters. The normalized spacial score (nSPS) is 12.8. The number of aryl methyl sites for hydroxylation is 1. The molecule has 0 fully saturated rings. The number of hydrogen-bond acceptors (Lipinski definition) is 4. The van der Waals surface area contributed by atoms with Gasteiger partial charge in [0.25, 0.3) is 5.56 Å². The second-order valence-electron chi connectivity index (χ2n) is 4.44. The summed E-state index contributed by atoms with van der Waals surface area (Å²) in [5.41, 5.74) is 0.706. The number of para-hydroxylation sites is 1. The van der Waals surface area contributed by atoms with E-state index in [9.17, 15) is 9.35 Å². The predicted molar refractivity (Wildman–Crippen MR) is 81.4 cm³/mol. The summed E-state index contributed by atoms with van der Waals surface area (Å²) in [7, 11) is 1.70. The van der Waals surface area contributed by atoms with Crippen molar-refractivity contribution in [3.8, 4) is 5.69 Å². The molecular weight excluding hydrogens is 312 g/mol. The van der Waals surface area contributed by atoms with E-state index in [0.717, 1.165) is 0 Å². The van der Waals surface area contributed by atoms with E-state index in [1.807, 2.05) is 0 Å². The Balaban J connectivity index is 2.35. The second-order valence-corrected chi connectivity index (χ2v) is 6.12. The van der Waals surface area contributed by atoms with Crippen LogP contribution in [0.1, 0.15) is 0 Å².